The van der Waals surface area contributed by atoms with Crippen LogP contribution in [0.5, 0.6) is 0 Å². The van der Waals surface area contributed by atoms with Crippen molar-refractivity contribution >= 4 is 33.3 Å². The molecule has 2 unspecified atom stereocenters. The molecule has 1 saturated heterocycles. The number of nitrogens with zero attached hydrogens (tertiary/aromatic N) is 4. The Morgan fingerprint density at radius 1 is 1.27 bits per heavy atom. The quantitative estimate of drug-likeness (QED) is 0.684. The van der Waals surface area contributed by atoms with Gasteiger partial charge in [-0.25, -0.2) is 4.98 Å². The van der Waals surface area contributed by atoms with E-state index in [1.54, 1.807) is 29.2 Å². The van der Waals surface area contributed by atoms with E-state index in [9.17, 15) is 4.79 Å². The van der Waals surface area contributed by atoms with Crippen LogP contribution >= 0.6 is 15.9 Å². The minimum Gasteiger partial charge on any atom is -0.446 e. The normalized spacial score (nSPS) is 20.7. The standard InChI is InChI=1S/C17H18BrN5O3/c1-9-7-22(8-10(2)25-9)17(24)11-5-14(19)23-15(6-11)20-16(21-23)12-3-4-13(18)26-12/h3-6,9-10H,7-8,19H2,1-2H3. The Hall–Kier alpha value is -2.39. The Kier molecular flexibility index (Phi) is 4.20. The number of fused-ring (bicyclic) bond motifs is 1. The van der Waals surface area contributed by atoms with E-state index < -0.39 is 0 Å². The fourth-order valence-electron chi connectivity index (χ4n) is 3.20. The number of aromatic nitrogens is 3. The summed E-state index contributed by atoms with van der Waals surface area (Å²) in [5.74, 6) is 1.17. The molecule has 0 saturated carbocycles. The lowest BCUT2D eigenvalue weighted by molar-refractivity contribution is -0.0586. The molecule has 2 atom stereocenters. The molecule has 0 aliphatic carbocycles. The molecule has 8 nitrogen and oxygen atoms in total. The van der Waals surface area contributed by atoms with Gasteiger partial charge in [0.2, 0.25) is 5.82 Å². The van der Waals surface area contributed by atoms with Gasteiger partial charge in [0.05, 0.1) is 12.2 Å². The number of pyridine rings is 1. The Morgan fingerprint density at radius 3 is 2.65 bits per heavy atom. The summed E-state index contributed by atoms with van der Waals surface area (Å²) in [7, 11) is 0. The van der Waals surface area contributed by atoms with E-state index in [4.69, 9.17) is 14.9 Å². The summed E-state index contributed by atoms with van der Waals surface area (Å²) >= 11 is 3.26. The van der Waals surface area contributed by atoms with Crippen LogP contribution < -0.4 is 5.73 Å². The number of furan rings is 1. The number of ether oxygens (including phenoxy) is 1. The number of nitrogens with two attached hydrogens (primary N) is 1. The molecular weight excluding hydrogens is 402 g/mol. The van der Waals surface area contributed by atoms with Crippen LogP contribution in [-0.4, -0.2) is 50.7 Å². The highest BCUT2D eigenvalue weighted by molar-refractivity contribution is 9.10. The summed E-state index contributed by atoms with van der Waals surface area (Å²) in [4.78, 5) is 19.1. The summed E-state index contributed by atoms with van der Waals surface area (Å²) < 4.78 is 13.3. The molecule has 4 rings (SSSR count). The fourth-order valence-corrected chi connectivity index (χ4v) is 3.50. The van der Waals surface area contributed by atoms with Gasteiger partial charge in [-0.05, 0) is 54.0 Å². The Bertz CT molecular complexity index is 972. The van der Waals surface area contributed by atoms with Crippen LogP contribution in [0.25, 0.3) is 17.2 Å². The van der Waals surface area contributed by atoms with E-state index >= 15 is 0 Å². The second-order valence-electron chi connectivity index (χ2n) is 6.45. The lowest BCUT2D eigenvalue weighted by Gasteiger charge is -2.35. The maximum absolute atomic E-state index is 12.9. The summed E-state index contributed by atoms with van der Waals surface area (Å²) in [6.45, 7) is 5.01. The van der Waals surface area contributed by atoms with Gasteiger partial charge in [-0.3, -0.25) is 4.79 Å². The van der Waals surface area contributed by atoms with Gasteiger partial charge in [-0.15, -0.1) is 5.10 Å². The van der Waals surface area contributed by atoms with E-state index in [-0.39, 0.29) is 18.1 Å². The van der Waals surface area contributed by atoms with Crippen LogP contribution in [0.3, 0.4) is 0 Å². The molecule has 1 fully saturated rings. The number of morpholine rings is 1. The first-order chi connectivity index (χ1) is 12.4. The maximum atomic E-state index is 12.9. The van der Waals surface area contributed by atoms with Crippen molar-refractivity contribution in [1.29, 1.82) is 0 Å². The number of halogens is 1. The fraction of sp³-hybridized carbons (Fsp3) is 0.353. The molecule has 26 heavy (non-hydrogen) atoms. The molecule has 136 valence electrons. The first kappa shape index (κ1) is 17.0. The molecule has 9 heteroatoms. The number of hydrogen-bond acceptors (Lipinski definition) is 6. The third-order valence-corrected chi connectivity index (χ3v) is 4.64. The zero-order valence-electron chi connectivity index (χ0n) is 14.3. The van der Waals surface area contributed by atoms with Crippen LogP contribution in [0.1, 0.15) is 24.2 Å². The van der Waals surface area contributed by atoms with Crippen LogP contribution in [0, 0.1) is 0 Å². The predicted molar refractivity (Wildman–Crippen MR) is 98.7 cm³/mol. The highest BCUT2D eigenvalue weighted by Crippen LogP contribution is 2.24. The average molecular weight is 420 g/mol. The second-order valence-corrected chi connectivity index (χ2v) is 7.23. The van der Waals surface area contributed by atoms with Crippen molar-refractivity contribution in [3.63, 3.8) is 0 Å². The molecule has 1 aliphatic rings. The molecule has 0 aromatic carbocycles. The third-order valence-electron chi connectivity index (χ3n) is 4.21. The van der Waals surface area contributed by atoms with Crippen molar-refractivity contribution in [1.82, 2.24) is 19.5 Å². The van der Waals surface area contributed by atoms with Crippen molar-refractivity contribution in [2.24, 2.45) is 0 Å². The molecular formula is C17H18BrN5O3. The van der Waals surface area contributed by atoms with Gasteiger partial charge < -0.3 is 19.8 Å². The maximum Gasteiger partial charge on any atom is 0.254 e. The van der Waals surface area contributed by atoms with Crippen LogP contribution in [0.4, 0.5) is 5.82 Å². The average Bonchev–Trinajstić information content (AvgIpc) is 3.19. The van der Waals surface area contributed by atoms with Crippen molar-refractivity contribution in [3.05, 3.63) is 34.5 Å². The zero-order valence-corrected chi connectivity index (χ0v) is 15.9. The Morgan fingerprint density at radius 2 is 2.00 bits per heavy atom. The van der Waals surface area contributed by atoms with E-state index in [1.807, 2.05) is 13.8 Å². The van der Waals surface area contributed by atoms with E-state index in [1.165, 1.54) is 4.52 Å². The monoisotopic (exact) mass is 419 g/mol. The molecule has 4 heterocycles. The van der Waals surface area contributed by atoms with Crippen molar-refractivity contribution in [2.75, 3.05) is 18.8 Å². The first-order valence-electron chi connectivity index (χ1n) is 8.27. The minimum atomic E-state index is -0.0912. The molecule has 1 amide bonds. The van der Waals surface area contributed by atoms with E-state index in [2.05, 4.69) is 26.0 Å². The van der Waals surface area contributed by atoms with Crippen LogP contribution in [0.2, 0.25) is 0 Å². The van der Waals surface area contributed by atoms with E-state index in [0.717, 1.165) is 0 Å². The number of nitrogen functional groups attached to an aromatic ring is 1. The molecule has 2 N–H and O–H groups in total. The highest BCUT2D eigenvalue weighted by atomic mass is 79.9. The summed E-state index contributed by atoms with van der Waals surface area (Å²) in [6, 6.07) is 6.84. The molecule has 1 aliphatic heterocycles. The zero-order chi connectivity index (χ0) is 18.4. The highest BCUT2D eigenvalue weighted by Gasteiger charge is 2.27. The van der Waals surface area contributed by atoms with Gasteiger partial charge in [0.25, 0.3) is 5.91 Å². The lowest BCUT2D eigenvalue weighted by Crippen LogP contribution is -2.48. The molecule has 0 radical (unpaired) electrons. The number of hydrogen-bond donors (Lipinski definition) is 1. The van der Waals surface area contributed by atoms with Crippen molar-refractivity contribution < 1.29 is 13.9 Å². The number of carbonyl (C=O) groups is 1. The van der Waals surface area contributed by atoms with Crippen molar-refractivity contribution in [2.45, 2.75) is 26.1 Å². The number of rotatable bonds is 2. The largest absolute Gasteiger partial charge is 0.446 e. The number of amides is 1. The van der Waals surface area contributed by atoms with Gasteiger partial charge in [-0.2, -0.15) is 4.52 Å². The van der Waals surface area contributed by atoms with Crippen molar-refractivity contribution in [3.8, 4) is 11.6 Å². The predicted octanol–water partition coefficient (Wildman–Crippen LogP) is 2.58. The SMILES string of the molecule is CC1CN(C(=O)c2cc(N)n3nc(-c4ccc(Br)o4)nc3c2)CC(C)O1. The Balaban J connectivity index is 1.69. The van der Waals surface area contributed by atoms with E-state index in [0.29, 0.717) is 46.4 Å². The molecule has 0 bridgehead atoms. The lowest BCUT2D eigenvalue weighted by atomic mass is 10.1. The van der Waals surface area contributed by atoms with Gasteiger partial charge in [0.15, 0.2) is 16.1 Å². The van der Waals surface area contributed by atoms with Gasteiger partial charge in [0, 0.05) is 18.7 Å². The summed E-state index contributed by atoms with van der Waals surface area (Å²) in [5, 5.41) is 4.35. The second kappa shape index (κ2) is 6.40. The molecule has 3 aromatic rings. The van der Waals surface area contributed by atoms with Gasteiger partial charge in [-0.1, -0.05) is 0 Å². The number of anilines is 1. The number of carbonyl (C=O) groups excluding carboxylic acids is 1. The van der Waals surface area contributed by atoms with Gasteiger partial charge >= 0.3 is 0 Å². The summed E-state index contributed by atoms with van der Waals surface area (Å²) in [5.41, 5.74) is 7.07. The third kappa shape index (κ3) is 3.08. The van der Waals surface area contributed by atoms with Crippen LogP contribution in [-0.2, 0) is 4.74 Å². The molecule has 0 spiro atoms. The minimum absolute atomic E-state index is 0.000807. The summed E-state index contributed by atoms with van der Waals surface area (Å²) in [6.07, 6.45) is 0.00161. The topological polar surface area (TPSA) is 98.9 Å². The van der Waals surface area contributed by atoms with Crippen LogP contribution in [0.15, 0.2) is 33.4 Å². The Labute approximate surface area is 158 Å². The van der Waals surface area contributed by atoms with Gasteiger partial charge in [0.1, 0.15) is 5.82 Å². The first-order valence-corrected chi connectivity index (χ1v) is 9.07. The smallest absolute Gasteiger partial charge is 0.254 e. The molecule has 3 aromatic heterocycles.